The van der Waals surface area contributed by atoms with E-state index in [0.29, 0.717) is 16.9 Å². The molecule has 0 radical (unpaired) electrons. The van der Waals surface area contributed by atoms with Gasteiger partial charge in [-0.3, -0.25) is 19.7 Å². The normalized spacial score (nSPS) is 13.1. The van der Waals surface area contributed by atoms with Crippen LogP contribution in [0.1, 0.15) is 27.6 Å². The van der Waals surface area contributed by atoms with Gasteiger partial charge in [0.15, 0.2) is 0 Å². The zero-order valence-corrected chi connectivity index (χ0v) is 10.3. The summed E-state index contributed by atoms with van der Waals surface area (Å²) in [5.41, 5.74) is 1.52. The first-order chi connectivity index (χ1) is 8.41. The van der Waals surface area contributed by atoms with Gasteiger partial charge >= 0.3 is 0 Å². The first kappa shape index (κ1) is 12.1. The molecule has 0 saturated carbocycles. The molecule has 0 spiro atoms. The predicted molar refractivity (Wildman–Crippen MR) is 66.9 cm³/mol. The number of hydrogen-bond acceptors (Lipinski definition) is 4. The van der Waals surface area contributed by atoms with Crippen molar-refractivity contribution in [2.75, 3.05) is 24.3 Å². The van der Waals surface area contributed by atoms with E-state index >= 15 is 0 Å². The van der Waals surface area contributed by atoms with Crippen molar-refractivity contribution in [3.63, 3.8) is 0 Å². The Morgan fingerprint density at radius 2 is 1.78 bits per heavy atom. The van der Waals surface area contributed by atoms with Crippen LogP contribution in [0.2, 0.25) is 0 Å². The van der Waals surface area contributed by atoms with Crippen molar-refractivity contribution in [3.8, 4) is 0 Å². The molecule has 6 nitrogen and oxygen atoms in total. The summed E-state index contributed by atoms with van der Waals surface area (Å²) in [6.45, 7) is 1.35. The maximum Gasteiger partial charge on any atom is 0.261 e. The molecule has 0 bridgehead atoms. The van der Waals surface area contributed by atoms with Crippen LogP contribution < -0.4 is 15.5 Å². The lowest BCUT2D eigenvalue weighted by atomic mass is 10.0. The van der Waals surface area contributed by atoms with Crippen LogP contribution in [0.5, 0.6) is 0 Å². The average molecular weight is 247 g/mol. The molecular weight excluding hydrogens is 234 g/mol. The molecule has 94 valence electrons. The minimum atomic E-state index is -0.484. The maximum absolute atomic E-state index is 11.8. The SMILES string of the molecule is CC(=O)Nc1ccc(N(C)C)c2c1C(=O)NC2=O. The maximum atomic E-state index is 11.8. The Balaban J connectivity index is 2.66. The Morgan fingerprint density at radius 1 is 1.17 bits per heavy atom. The number of nitrogens with one attached hydrogen (secondary N) is 2. The number of amides is 3. The summed E-state index contributed by atoms with van der Waals surface area (Å²) in [6, 6.07) is 3.32. The van der Waals surface area contributed by atoms with E-state index in [0.717, 1.165) is 0 Å². The Bertz CT molecular complexity index is 564. The summed E-state index contributed by atoms with van der Waals surface area (Å²) in [5.74, 6) is -1.21. The zero-order chi connectivity index (χ0) is 13.4. The second kappa shape index (κ2) is 4.14. The van der Waals surface area contributed by atoms with E-state index in [1.54, 1.807) is 31.1 Å². The number of anilines is 2. The van der Waals surface area contributed by atoms with Crippen LogP contribution in [0.15, 0.2) is 12.1 Å². The van der Waals surface area contributed by atoms with E-state index < -0.39 is 11.8 Å². The van der Waals surface area contributed by atoms with Gasteiger partial charge in [-0.2, -0.15) is 0 Å². The molecule has 0 saturated heterocycles. The quantitative estimate of drug-likeness (QED) is 0.750. The van der Waals surface area contributed by atoms with E-state index in [1.165, 1.54) is 6.92 Å². The second-order valence-corrected chi connectivity index (χ2v) is 4.24. The van der Waals surface area contributed by atoms with Crippen molar-refractivity contribution < 1.29 is 14.4 Å². The number of fused-ring (bicyclic) bond motifs is 1. The molecule has 2 rings (SSSR count). The van der Waals surface area contributed by atoms with Crippen LogP contribution in [0.4, 0.5) is 11.4 Å². The van der Waals surface area contributed by atoms with Crippen molar-refractivity contribution in [1.82, 2.24) is 5.32 Å². The molecule has 1 heterocycles. The summed E-state index contributed by atoms with van der Waals surface area (Å²) in [4.78, 5) is 36.3. The van der Waals surface area contributed by atoms with Crippen LogP contribution in [0.25, 0.3) is 0 Å². The van der Waals surface area contributed by atoms with Crippen molar-refractivity contribution in [3.05, 3.63) is 23.3 Å². The number of rotatable bonds is 2. The van der Waals surface area contributed by atoms with E-state index in [4.69, 9.17) is 0 Å². The second-order valence-electron chi connectivity index (χ2n) is 4.24. The van der Waals surface area contributed by atoms with Gasteiger partial charge in [0, 0.05) is 26.7 Å². The molecule has 0 unspecified atom stereocenters. The molecule has 18 heavy (non-hydrogen) atoms. The van der Waals surface area contributed by atoms with Crippen molar-refractivity contribution in [2.45, 2.75) is 6.92 Å². The van der Waals surface area contributed by atoms with Gasteiger partial charge < -0.3 is 10.2 Å². The summed E-state index contributed by atoms with van der Waals surface area (Å²) < 4.78 is 0. The smallest absolute Gasteiger partial charge is 0.261 e. The molecule has 0 fully saturated rings. The van der Waals surface area contributed by atoms with Gasteiger partial charge in [-0.15, -0.1) is 0 Å². The third kappa shape index (κ3) is 1.81. The Hall–Kier alpha value is -2.37. The fourth-order valence-corrected chi connectivity index (χ4v) is 1.95. The number of hydrogen-bond donors (Lipinski definition) is 2. The minimum absolute atomic E-state index is 0.224. The molecule has 0 aliphatic carbocycles. The fraction of sp³-hybridized carbons (Fsp3) is 0.250. The van der Waals surface area contributed by atoms with Gasteiger partial charge in [0.1, 0.15) is 0 Å². The number of benzene rings is 1. The van der Waals surface area contributed by atoms with Crippen molar-refractivity contribution in [1.29, 1.82) is 0 Å². The van der Waals surface area contributed by atoms with Crippen LogP contribution in [-0.4, -0.2) is 31.8 Å². The highest BCUT2D eigenvalue weighted by Crippen LogP contribution is 2.32. The number of carbonyl (C=O) groups excluding carboxylic acids is 3. The van der Waals surface area contributed by atoms with E-state index in [9.17, 15) is 14.4 Å². The number of imide groups is 1. The third-order valence-corrected chi connectivity index (χ3v) is 2.66. The minimum Gasteiger partial charge on any atom is -0.377 e. The highest BCUT2D eigenvalue weighted by Gasteiger charge is 2.33. The van der Waals surface area contributed by atoms with Gasteiger partial charge in [0.05, 0.1) is 16.8 Å². The molecule has 0 aromatic heterocycles. The first-order valence-electron chi connectivity index (χ1n) is 5.39. The summed E-state index contributed by atoms with van der Waals surface area (Å²) in [7, 11) is 3.56. The van der Waals surface area contributed by atoms with Crippen molar-refractivity contribution >= 4 is 29.1 Å². The summed E-state index contributed by atoms with van der Waals surface area (Å²) in [5, 5.41) is 4.79. The number of nitrogens with zero attached hydrogens (tertiary/aromatic N) is 1. The van der Waals surface area contributed by atoms with Crippen LogP contribution in [0, 0.1) is 0 Å². The molecule has 1 aliphatic rings. The molecular formula is C12H13N3O3. The van der Waals surface area contributed by atoms with Crippen LogP contribution in [0.3, 0.4) is 0 Å². The molecule has 6 heteroatoms. The molecule has 1 aromatic carbocycles. The third-order valence-electron chi connectivity index (χ3n) is 2.66. The number of carbonyl (C=O) groups is 3. The van der Waals surface area contributed by atoms with Crippen LogP contribution in [-0.2, 0) is 4.79 Å². The highest BCUT2D eigenvalue weighted by atomic mass is 16.2. The standard InChI is InChI=1S/C12H13N3O3/c1-6(16)13-7-4-5-8(15(2)3)10-9(7)11(17)14-12(10)18/h4-5H,1-3H3,(H,13,16)(H,14,17,18). The molecule has 1 aromatic rings. The topological polar surface area (TPSA) is 78.5 Å². The first-order valence-corrected chi connectivity index (χ1v) is 5.39. The lowest BCUT2D eigenvalue weighted by Crippen LogP contribution is -2.21. The Morgan fingerprint density at radius 3 is 2.33 bits per heavy atom. The van der Waals surface area contributed by atoms with Gasteiger partial charge in [0.2, 0.25) is 5.91 Å². The molecule has 0 atom stereocenters. The molecule has 2 N–H and O–H groups in total. The molecule has 3 amide bonds. The average Bonchev–Trinajstić information content (AvgIpc) is 2.54. The summed E-state index contributed by atoms with van der Waals surface area (Å²) in [6.07, 6.45) is 0. The van der Waals surface area contributed by atoms with Gasteiger partial charge in [0.25, 0.3) is 11.8 Å². The highest BCUT2D eigenvalue weighted by molar-refractivity contribution is 6.26. The van der Waals surface area contributed by atoms with E-state index in [2.05, 4.69) is 10.6 Å². The fourth-order valence-electron chi connectivity index (χ4n) is 1.95. The van der Waals surface area contributed by atoms with Gasteiger partial charge in [-0.25, -0.2) is 0 Å². The Kier molecular flexibility index (Phi) is 2.78. The van der Waals surface area contributed by atoms with E-state index in [1.807, 2.05) is 0 Å². The zero-order valence-electron chi connectivity index (χ0n) is 10.3. The summed E-state index contributed by atoms with van der Waals surface area (Å²) >= 11 is 0. The van der Waals surface area contributed by atoms with Gasteiger partial charge in [-0.1, -0.05) is 0 Å². The van der Waals surface area contributed by atoms with E-state index in [-0.39, 0.29) is 11.5 Å². The predicted octanol–water partition coefficient (Wildman–Crippen LogP) is 0.595. The largest absolute Gasteiger partial charge is 0.377 e. The lowest BCUT2D eigenvalue weighted by Gasteiger charge is -2.17. The van der Waals surface area contributed by atoms with Gasteiger partial charge in [-0.05, 0) is 12.1 Å². The monoisotopic (exact) mass is 247 g/mol. The van der Waals surface area contributed by atoms with Crippen molar-refractivity contribution in [2.24, 2.45) is 0 Å². The lowest BCUT2D eigenvalue weighted by molar-refractivity contribution is -0.114. The molecule has 1 aliphatic heterocycles. The Labute approximate surface area is 104 Å². The van der Waals surface area contributed by atoms with Crippen LogP contribution >= 0.6 is 0 Å².